The number of ether oxygens (including phenoxy) is 2. The van der Waals surface area contributed by atoms with Gasteiger partial charge in [-0.2, -0.15) is 0 Å². The molecule has 2 atom stereocenters. The summed E-state index contributed by atoms with van der Waals surface area (Å²) in [7, 11) is 0. The van der Waals surface area contributed by atoms with Crippen LogP contribution >= 0.6 is 60.2 Å². The number of thioether (sulfide) groups is 2. The second-order valence-electron chi connectivity index (χ2n) is 12.7. The Kier molecular flexibility index (Phi) is 11.7. The number of carbonyl (C=O) groups is 1. The van der Waals surface area contributed by atoms with Gasteiger partial charge in [0, 0.05) is 37.1 Å². The van der Waals surface area contributed by atoms with Gasteiger partial charge in [-0.3, -0.25) is 4.79 Å². The molecule has 1 amide bonds. The Morgan fingerprint density at radius 2 is 1.23 bits per heavy atom. The van der Waals surface area contributed by atoms with Gasteiger partial charge in [0.1, 0.15) is 9.98 Å². The van der Waals surface area contributed by atoms with Gasteiger partial charge in [-0.15, -0.1) is 23.5 Å². The van der Waals surface area contributed by atoms with Crippen LogP contribution < -0.4 is 0 Å². The van der Waals surface area contributed by atoms with Crippen LogP contribution in [0.25, 0.3) is 0 Å². The lowest BCUT2D eigenvalue weighted by Crippen LogP contribution is -2.43. The number of amides is 1. The predicted molar refractivity (Wildman–Crippen MR) is 181 cm³/mol. The van der Waals surface area contributed by atoms with Gasteiger partial charge in [0.2, 0.25) is 5.91 Å². The van der Waals surface area contributed by atoms with Crippen molar-refractivity contribution in [2.45, 2.75) is 66.2 Å². The summed E-state index contributed by atoms with van der Waals surface area (Å²) in [5, 5.41) is 0. The highest BCUT2D eigenvalue weighted by Gasteiger charge is 2.38. The van der Waals surface area contributed by atoms with E-state index < -0.39 is 0 Å². The third-order valence-corrected chi connectivity index (χ3v) is 12.0. The third kappa shape index (κ3) is 8.60. The second kappa shape index (κ2) is 14.4. The summed E-state index contributed by atoms with van der Waals surface area (Å²) < 4.78 is 11.8. The summed E-state index contributed by atoms with van der Waals surface area (Å²) in [5.41, 5.74) is 0.221. The average Bonchev–Trinajstić information content (AvgIpc) is 3.55. The summed E-state index contributed by atoms with van der Waals surface area (Å²) >= 11 is 20.7. The van der Waals surface area contributed by atoms with E-state index in [2.05, 4.69) is 38.7 Å². The molecule has 0 aromatic rings. The molecule has 0 N–H and O–H groups in total. The molecule has 0 bridgehead atoms. The fraction of sp³-hybridized carbons (Fsp3) is 0.733. The molecule has 2 saturated heterocycles. The zero-order valence-corrected chi connectivity index (χ0v) is 28.5. The van der Waals surface area contributed by atoms with E-state index in [0.29, 0.717) is 37.3 Å². The minimum absolute atomic E-state index is 0.0385. The number of hydrogen-bond donors (Lipinski definition) is 0. The van der Waals surface area contributed by atoms with E-state index in [1.807, 2.05) is 22.7 Å². The number of nitrogens with zero attached hydrogens (tertiary/aromatic N) is 2. The van der Waals surface area contributed by atoms with Crippen LogP contribution in [-0.2, 0) is 14.3 Å². The van der Waals surface area contributed by atoms with Crippen molar-refractivity contribution in [1.82, 2.24) is 9.80 Å². The van der Waals surface area contributed by atoms with Crippen molar-refractivity contribution in [2.75, 3.05) is 51.0 Å². The summed E-state index contributed by atoms with van der Waals surface area (Å²) in [5.74, 6) is 2.79. The standard InChI is InChI=1S/C30H44N2O3S5/c1-29(2,7-11-31-25(36)19-23-21(27(31)33)5-17-39-23)9-13-34-15-16-35-14-10-30(3,4)8-12-32-26(37)20-24-22(28(32)38)6-18-40-24/h19-22H,5-18H2,1-4H3. The molecule has 0 aromatic carbocycles. The highest BCUT2D eigenvalue weighted by Crippen LogP contribution is 2.42. The number of fused-ring (bicyclic) bond motifs is 2. The topological polar surface area (TPSA) is 42.0 Å². The molecule has 4 aliphatic rings. The molecule has 2 unspecified atom stereocenters. The van der Waals surface area contributed by atoms with Gasteiger partial charge in [-0.1, -0.05) is 64.3 Å². The zero-order valence-electron chi connectivity index (χ0n) is 24.4. The van der Waals surface area contributed by atoms with Gasteiger partial charge in [0.25, 0.3) is 0 Å². The first kappa shape index (κ1) is 32.6. The monoisotopic (exact) mass is 640 g/mol. The van der Waals surface area contributed by atoms with E-state index in [0.717, 1.165) is 78.1 Å². The maximum atomic E-state index is 12.9. The minimum Gasteiger partial charge on any atom is -0.379 e. The van der Waals surface area contributed by atoms with Crippen LogP contribution in [0.2, 0.25) is 0 Å². The number of rotatable bonds is 15. The molecule has 2 fully saturated rings. The molecule has 0 aromatic heterocycles. The molecule has 4 rings (SSSR count). The van der Waals surface area contributed by atoms with Crippen LogP contribution in [0.5, 0.6) is 0 Å². The van der Waals surface area contributed by atoms with E-state index in [9.17, 15) is 4.79 Å². The van der Waals surface area contributed by atoms with E-state index in [4.69, 9.17) is 46.1 Å². The van der Waals surface area contributed by atoms with Crippen molar-refractivity contribution < 1.29 is 14.3 Å². The molecule has 0 saturated carbocycles. The Balaban J connectivity index is 1.05. The van der Waals surface area contributed by atoms with Crippen molar-refractivity contribution in [3.8, 4) is 0 Å². The minimum atomic E-state index is 0.0385. The summed E-state index contributed by atoms with van der Waals surface area (Å²) in [6.07, 6.45) is 10.1. The first-order chi connectivity index (χ1) is 19.0. The third-order valence-electron chi connectivity index (χ3n) is 8.47. The maximum absolute atomic E-state index is 12.9. The first-order valence-corrected chi connectivity index (χ1v) is 17.7. The Labute approximate surface area is 265 Å². The smallest absolute Gasteiger partial charge is 0.235 e. The number of carbonyl (C=O) groups excluding carboxylic acids is 1. The lowest BCUT2D eigenvalue weighted by Gasteiger charge is -2.35. The van der Waals surface area contributed by atoms with Crippen LogP contribution in [0.1, 0.15) is 66.2 Å². The highest BCUT2D eigenvalue weighted by molar-refractivity contribution is 8.03. The number of thiocarbonyl (C=S) groups is 3. The molecule has 4 heterocycles. The summed E-state index contributed by atoms with van der Waals surface area (Å²) in [6.45, 7) is 13.2. The van der Waals surface area contributed by atoms with Crippen LogP contribution in [0.4, 0.5) is 0 Å². The van der Waals surface area contributed by atoms with Crippen molar-refractivity contribution >= 4 is 81.1 Å². The SMILES string of the molecule is CC(C)(CCOCCOCCC(C)(C)CCN1C(=S)C=C2SCCC2C1=S)CCN1C(=O)C2CCSC2=CC1=S. The lowest BCUT2D eigenvalue weighted by molar-refractivity contribution is -0.130. The largest absolute Gasteiger partial charge is 0.379 e. The molecule has 4 aliphatic heterocycles. The fourth-order valence-corrected chi connectivity index (χ4v) is 9.14. The van der Waals surface area contributed by atoms with E-state index >= 15 is 0 Å². The molecule has 0 spiro atoms. The van der Waals surface area contributed by atoms with E-state index in [1.54, 1.807) is 11.8 Å². The lowest BCUT2D eigenvalue weighted by atomic mass is 9.85. The summed E-state index contributed by atoms with van der Waals surface area (Å²) in [6, 6.07) is 0. The van der Waals surface area contributed by atoms with Gasteiger partial charge < -0.3 is 19.3 Å². The molecule has 222 valence electrons. The van der Waals surface area contributed by atoms with E-state index in [1.165, 1.54) is 4.91 Å². The van der Waals surface area contributed by atoms with Gasteiger partial charge in [-0.05, 0) is 77.9 Å². The molecule has 5 nitrogen and oxygen atoms in total. The number of hydrogen-bond acceptors (Lipinski definition) is 8. The van der Waals surface area contributed by atoms with Crippen LogP contribution in [-0.4, -0.2) is 81.7 Å². The Morgan fingerprint density at radius 3 is 1.80 bits per heavy atom. The predicted octanol–water partition coefficient (Wildman–Crippen LogP) is 7.05. The molecule has 40 heavy (non-hydrogen) atoms. The molecular formula is C30H44N2O3S5. The first-order valence-electron chi connectivity index (χ1n) is 14.5. The molecule has 0 aliphatic carbocycles. The fourth-order valence-electron chi connectivity index (χ4n) is 5.38. The highest BCUT2D eigenvalue weighted by atomic mass is 32.2. The van der Waals surface area contributed by atoms with Crippen molar-refractivity contribution in [1.29, 1.82) is 0 Å². The van der Waals surface area contributed by atoms with Gasteiger partial charge in [0.15, 0.2) is 0 Å². The average molecular weight is 641 g/mol. The normalized spacial score (nSPS) is 23.5. The molecule has 10 heteroatoms. The second-order valence-corrected chi connectivity index (χ2v) is 16.3. The van der Waals surface area contributed by atoms with Crippen molar-refractivity contribution in [3.05, 3.63) is 22.0 Å². The van der Waals surface area contributed by atoms with Crippen molar-refractivity contribution in [3.63, 3.8) is 0 Å². The van der Waals surface area contributed by atoms with Crippen LogP contribution in [0.15, 0.2) is 22.0 Å². The van der Waals surface area contributed by atoms with Crippen molar-refractivity contribution in [2.24, 2.45) is 22.7 Å². The Hall–Kier alpha value is -0.360. The van der Waals surface area contributed by atoms with Crippen LogP contribution in [0, 0.1) is 22.7 Å². The Morgan fingerprint density at radius 1 is 0.750 bits per heavy atom. The molecule has 0 radical (unpaired) electrons. The maximum Gasteiger partial charge on any atom is 0.235 e. The molecular weight excluding hydrogens is 597 g/mol. The van der Waals surface area contributed by atoms with Gasteiger partial charge in [-0.25, -0.2) is 0 Å². The quantitative estimate of drug-likeness (QED) is 0.138. The van der Waals surface area contributed by atoms with E-state index in [-0.39, 0.29) is 22.7 Å². The summed E-state index contributed by atoms with van der Waals surface area (Å²) in [4.78, 5) is 22.0. The van der Waals surface area contributed by atoms with Gasteiger partial charge >= 0.3 is 0 Å². The zero-order chi connectivity index (χ0) is 28.9. The van der Waals surface area contributed by atoms with Gasteiger partial charge in [0.05, 0.1) is 24.1 Å². The Bertz CT molecular complexity index is 972. The van der Waals surface area contributed by atoms with Crippen LogP contribution in [0.3, 0.4) is 0 Å².